The summed E-state index contributed by atoms with van der Waals surface area (Å²) in [4.78, 5) is 16.7. The number of para-hydroxylation sites is 1. The molecule has 33 heavy (non-hydrogen) atoms. The normalized spacial score (nSPS) is 13.8. The van der Waals surface area contributed by atoms with Gasteiger partial charge in [-0.05, 0) is 80.6 Å². The number of aryl methyl sites for hydroxylation is 5. The van der Waals surface area contributed by atoms with Gasteiger partial charge in [0.05, 0.1) is 5.69 Å². The van der Waals surface area contributed by atoms with Gasteiger partial charge in [0.25, 0.3) is 5.91 Å². The van der Waals surface area contributed by atoms with Crippen molar-refractivity contribution >= 4 is 11.7 Å². The first-order valence-corrected chi connectivity index (χ1v) is 11.5. The minimum atomic E-state index is 0.0175. The number of piperazine rings is 1. The van der Waals surface area contributed by atoms with Gasteiger partial charge >= 0.3 is 0 Å². The van der Waals surface area contributed by atoms with E-state index < -0.39 is 0 Å². The molecule has 6 heteroatoms. The summed E-state index contributed by atoms with van der Waals surface area (Å²) in [6.45, 7) is 13.2. The summed E-state index contributed by atoms with van der Waals surface area (Å²) in [6, 6.07) is 14.4. The number of benzene rings is 2. The van der Waals surface area contributed by atoms with Crippen LogP contribution >= 0.6 is 0 Å². The maximum absolute atomic E-state index is 12.7. The molecule has 1 fully saturated rings. The molecule has 172 valence electrons. The number of amides is 1. The lowest BCUT2D eigenvalue weighted by Gasteiger charge is -2.35. The highest BCUT2D eigenvalue weighted by molar-refractivity contribution is 5.78. The van der Waals surface area contributed by atoms with Crippen molar-refractivity contribution in [3.8, 4) is 17.0 Å². The van der Waals surface area contributed by atoms with Gasteiger partial charge in [-0.15, -0.1) is 10.2 Å². The van der Waals surface area contributed by atoms with Crippen molar-refractivity contribution < 1.29 is 9.53 Å². The third-order valence-corrected chi connectivity index (χ3v) is 6.47. The Hall–Kier alpha value is -3.41. The first kappa shape index (κ1) is 22.8. The molecule has 1 aliphatic heterocycles. The van der Waals surface area contributed by atoms with Gasteiger partial charge in [-0.25, -0.2) is 0 Å². The second-order valence-corrected chi connectivity index (χ2v) is 8.91. The van der Waals surface area contributed by atoms with E-state index in [1.807, 2.05) is 49.1 Å². The Kier molecular flexibility index (Phi) is 6.63. The van der Waals surface area contributed by atoms with Crippen molar-refractivity contribution in [1.29, 1.82) is 0 Å². The van der Waals surface area contributed by atoms with E-state index in [1.165, 1.54) is 16.7 Å². The van der Waals surface area contributed by atoms with Crippen molar-refractivity contribution in [2.75, 3.05) is 37.7 Å². The molecule has 0 unspecified atom stereocenters. The summed E-state index contributed by atoms with van der Waals surface area (Å²) in [7, 11) is 0. The lowest BCUT2D eigenvalue weighted by atomic mass is 9.99. The zero-order chi connectivity index (χ0) is 23.5. The number of rotatable bonds is 5. The number of nitrogens with zero attached hydrogens (tertiary/aromatic N) is 4. The second-order valence-electron chi connectivity index (χ2n) is 8.91. The number of hydrogen-bond acceptors (Lipinski definition) is 5. The Labute approximate surface area is 196 Å². The summed E-state index contributed by atoms with van der Waals surface area (Å²) in [5.74, 6) is 1.67. The number of carbonyl (C=O) groups excluding carboxylic acids is 1. The van der Waals surface area contributed by atoms with Crippen LogP contribution in [0.5, 0.6) is 5.75 Å². The standard InChI is InChI=1S/C27H32N4O2/c1-18-7-6-8-19(2)27(18)33-17-26(32)31-13-11-30(12-14-31)25-10-9-24(28-29-25)23-16-21(4)20(3)15-22(23)5/h6-10,15-16H,11-14,17H2,1-5H3. The van der Waals surface area contributed by atoms with Gasteiger partial charge in [0, 0.05) is 31.7 Å². The van der Waals surface area contributed by atoms with E-state index in [1.54, 1.807) is 0 Å². The Morgan fingerprint density at radius 2 is 1.48 bits per heavy atom. The Bertz CT molecular complexity index is 1130. The van der Waals surface area contributed by atoms with Gasteiger partial charge in [0.1, 0.15) is 5.75 Å². The zero-order valence-electron chi connectivity index (χ0n) is 20.2. The van der Waals surface area contributed by atoms with Crippen LogP contribution in [0.3, 0.4) is 0 Å². The number of anilines is 1. The molecule has 1 aromatic heterocycles. The molecular weight excluding hydrogens is 412 g/mol. The van der Waals surface area contributed by atoms with Crippen LogP contribution in [0.1, 0.15) is 27.8 Å². The quantitative estimate of drug-likeness (QED) is 0.583. The van der Waals surface area contributed by atoms with E-state index in [0.29, 0.717) is 13.1 Å². The molecule has 0 spiro atoms. The Morgan fingerprint density at radius 1 is 0.818 bits per heavy atom. The summed E-state index contributed by atoms with van der Waals surface area (Å²) in [5.41, 5.74) is 7.84. The molecular formula is C27H32N4O2. The van der Waals surface area contributed by atoms with Crippen molar-refractivity contribution in [3.05, 3.63) is 70.3 Å². The van der Waals surface area contributed by atoms with Crippen LogP contribution in [0.15, 0.2) is 42.5 Å². The lowest BCUT2D eigenvalue weighted by molar-refractivity contribution is -0.133. The Morgan fingerprint density at radius 3 is 2.12 bits per heavy atom. The largest absolute Gasteiger partial charge is 0.483 e. The van der Waals surface area contributed by atoms with Gasteiger partial charge in [0.2, 0.25) is 0 Å². The van der Waals surface area contributed by atoms with Crippen LogP contribution in [0.4, 0.5) is 5.82 Å². The minimum absolute atomic E-state index is 0.0175. The molecule has 1 amide bonds. The van der Waals surface area contributed by atoms with Gasteiger partial charge in [0.15, 0.2) is 12.4 Å². The highest BCUT2D eigenvalue weighted by atomic mass is 16.5. The summed E-state index contributed by atoms with van der Waals surface area (Å²) in [6.07, 6.45) is 0. The maximum atomic E-state index is 12.7. The fourth-order valence-electron chi connectivity index (χ4n) is 4.31. The molecule has 1 saturated heterocycles. The van der Waals surface area contributed by atoms with E-state index in [4.69, 9.17) is 4.74 Å². The first-order valence-electron chi connectivity index (χ1n) is 11.5. The van der Waals surface area contributed by atoms with Crippen molar-refractivity contribution in [3.63, 3.8) is 0 Å². The maximum Gasteiger partial charge on any atom is 0.260 e. The third-order valence-electron chi connectivity index (χ3n) is 6.47. The highest BCUT2D eigenvalue weighted by Crippen LogP contribution is 2.26. The predicted molar refractivity (Wildman–Crippen MR) is 132 cm³/mol. The predicted octanol–water partition coefficient (Wildman–Crippen LogP) is 4.41. The SMILES string of the molecule is Cc1cc(C)c(-c2ccc(N3CCN(C(=O)COc4c(C)cccc4C)CC3)nn2)cc1C. The molecule has 0 atom stereocenters. The topological polar surface area (TPSA) is 58.6 Å². The van der Waals surface area contributed by atoms with E-state index in [0.717, 1.165) is 47.0 Å². The third kappa shape index (κ3) is 5.00. The van der Waals surface area contributed by atoms with Crippen LogP contribution in [0.2, 0.25) is 0 Å². The highest BCUT2D eigenvalue weighted by Gasteiger charge is 2.23. The molecule has 0 bridgehead atoms. The van der Waals surface area contributed by atoms with Crippen molar-refractivity contribution in [2.45, 2.75) is 34.6 Å². The monoisotopic (exact) mass is 444 g/mol. The van der Waals surface area contributed by atoms with Crippen LogP contribution in [-0.4, -0.2) is 53.8 Å². The molecule has 0 radical (unpaired) electrons. The number of hydrogen-bond donors (Lipinski definition) is 0. The fourth-order valence-corrected chi connectivity index (χ4v) is 4.31. The van der Waals surface area contributed by atoms with Crippen molar-refractivity contribution in [2.24, 2.45) is 0 Å². The lowest BCUT2D eigenvalue weighted by Crippen LogP contribution is -2.50. The van der Waals surface area contributed by atoms with Gasteiger partial charge in [-0.3, -0.25) is 4.79 Å². The summed E-state index contributed by atoms with van der Waals surface area (Å²) in [5, 5.41) is 8.98. The molecule has 3 aromatic rings. The molecule has 0 aliphatic carbocycles. The average Bonchev–Trinajstić information content (AvgIpc) is 2.81. The molecule has 4 rings (SSSR count). The van der Waals surface area contributed by atoms with E-state index in [2.05, 4.69) is 48.0 Å². The van der Waals surface area contributed by atoms with Crippen LogP contribution in [-0.2, 0) is 4.79 Å². The van der Waals surface area contributed by atoms with E-state index in [-0.39, 0.29) is 12.5 Å². The smallest absolute Gasteiger partial charge is 0.260 e. The molecule has 1 aliphatic rings. The molecule has 0 N–H and O–H groups in total. The first-order chi connectivity index (χ1) is 15.8. The van der Waals surface area contributed by atoms with E-state index >= 15 is 0 Å². The number of aromatic nitrogens is 2. The fraction of sp³-hybridized carbons (Fsp3) is 0.370. The second kappa shape index (κ2) is 9.61. The van der Waals surface area contributed by atoms with Crippen LogP contribution < -0.4 is 9.64 Å². The number of carbonyl (C=O) groups is 1. The summed E-state index contributed by atoms with van der Waals surface area (Å²) < 4.78 is 5.85. The van der Waals surface area contributed by atoms with E-state index in [9.17, 15) is 4.79 Å². The van der Waals surface area contributed by atoms with Gasteiger partial charge in [-0.2, -0.15) is 0 Å². The molecule has 6 nitrogen and oxygen atoms in total. The van der Waals surface area contributed by atoms with Crippen LogP contribution in [0.25, 0.3) is 11.3 Å². The number of ether oxygens (including phenoxy) is 1. The zero-order valence-corrected chi connectivity index (χ0v) is 20.2. The molecule has 0 saturated carbocycles. The summed E-state index contributed by atoms with van der Waals surface area (Å²) >= 11 is 0. The van der Waals surface area contributed by atoms with Gasteiger partial charge in [-0.1, -0.05) is 24.3 Å². The van der Waals surface area contributed by atoms with Gasteiger partial charge < -0.3 is 14.5 Å². The Balaban J connectivity index is 1.34. The minimum Gasteiger partial charge on any atom is -0.483 e. The van der Waals surface area contributed by atoms with Crippen molar-refractivity contribution in [1.82, 2.24) is 15.1 Å². The average molecular weight is 445 g/mol. The molecule has 2 aromatic carbocycles. The molecule has 2 heterocycles. The van der Waals surface area contributed by atoms with Crippen LogP contribution in [0, 0.1) is 34.6 Å².